The fraction of sp³-hybridized carbons (Fsp3) is 0.417. The molecule has 1 unspecified atom stereocenters. The van der Waals surface area contributed by atoms with Crippen molar-refractivity contribution < 1.29 is 14.3 Å². The Balaban J connectivity index is 2.68. The number of hydrogen-bond donors (Lipinski definition) is 0. The molecule has 15 heavy (non-hydrogen) atoms. The highest BCUT2D eigenvalue weighted by molar-refractivity contribution is 5.63. The lowest BCUT2D eigenvalue weighted by atomic mass is 9.99. The van der Waals surface area contributed by atoms with Crippen molar-refractivity contribution in [3.8, 4) is 5.75 Å². The molecule has 3 heteroatoms. The van der Waals surface area contributed by atoms with Crippen LogP contribution >= 0.6 is 0 Å². The van der Waals surface area contributed by atoms with E-state index in [0.29, 0.717) is 11.7 Å². The zero-order chi connectivity index (χ0) is 11.3. The number of carbonyl (C=O) groups excluding carboxylic acids is 1. The van der Waals surface area contributed by atoms with Crippen molar-refractivity contribution in [2.45, 2.75) is 26.2 Å². The van der Waals surface area contributed by atoms with Crippen LogP contribution in [0.2, 0.25) is 0 Å². The SMILES string of the molecule is CCC(C)c1ccc(OC(=O)OC)cc1. The first-order valence-corrected chi connectivity index (χ1v) is 5.03. The van der Waals surface area contributed by atoms with E-state index in [4.69, 9.17) is 4.74 Å². The number of hydrogen-bond acceptors (Lipinski definition) is 3. The van der Waals surface area contributed by atoms with Crippen LogP contribution in [0.25, 0.3) is 0 Å². The quantitative estimate of drug-likeness (QED) is 0.564. The van der Waals surface area contributed by atoms with Gasteiger partial charge in [-0.15, -0.1) is 0 Å². The van der Waals surface area contributed by atoms with Gasteiger partial charge in [0.25, 0.3) is 0 Å². The van der Waals surface area contributed by atoms with Crippen molar-refractivity contribution in [2.24, 2.45) is 0 Å². The maximum Gasteiger partial charge on any atom is 0.513 e. The predicted octanol–water partition coefficient (Wildman–Crippen LogP) is 3.35. The molecule has 1 aromatic rings. The van der Waals surface area contributed by atoms with Gasteiger partial charge in [0.1, 0.15) is 5.75 Å². The van der Waals surface area contributed by atoms with Crippen LogP contribution in [0.4, 0.5) is 4.79 Å². The molecule has 0 bridgehead atoms. The van der Waals surface area contributed by atoms with Gasteiger partial charge in [0.05, 0.1) is 7.11 Å². The largest absolute Gasteiger partial charge is 0.513 e. The fourth-order valence-corrected chi connectivity index (χ4v) is 1.24. The summed E-state index contributed by atoms with van der Waals surface area (Å²) < 4.78 is 9.26. The van der Waals surface area contributed by atoms with Gasteiger partial charge in [0, 0.05) is 0 Å². The zero-order valence-electron chi connectivity index (χ0n) is 9.32. The second-order valence-corrected chi connectivity index (χ2v) is 3.43. The number of methoxy groups -OCH3 is 1. The standard InChI is InChI=1S/C12H16O3/c1-4-9(2)10-5-7-11(8-6-10)15-12(13)14-3/h5-9H,4H2,1-3H3. The van der Waals surface area contributed by atoms with Crippen LogP contribution < -0.4 is 4.74 Å². The molecule has 82 valence electrons. The molecule has 0 radical (unpaired) electrons. The van der Waals surface area contributed by atoms with Crippen molar-refractivity contribution >= 4 is 6.16 Å². The highest BCUT2D eigenvalue weighted by Gasteiger charge is 2.05. The lowest BCUT2D eigenvalue weighted by molar-refractivity contribution is 0.121. The zero-order valence-corrected chi connectivity index (χ0v) is 9.32. The lowest BCUT2D eigenvalue weighted by Gasteiger charge is -2.09. The van der Waals surface area contributed by atoms with Crippen molar-refractivity contribution in [2.75, 3.05) is 7.11 Å². The van der Waals surface area contributed by atoms with Gasteiger partial charge in [-0.05, 0) is 30.0 Å². The Labute approximate surface area is 90.0 Å². The number of benzene rings is 1. The fourth-order valence-electron chi connectivity index (χ4n) is 1.24. The van der Waals surface area contributed by atoms with Crippen LogP contribution in [0.15, 0.2) is 24.3 Å². The average molecular weight is 208 g/mol. The highest BCUT2D eigenvalue weighted by Crippen LogP contribution is 2.21. The molecule has 0 fully saturated rings. The first-order chi connectivity index (χ1) is 7.17. The first kappa shape index (κ1) is 11.6. The summed E-state index contributed by atoms with van der Waals surface area (Å²) in [5.74, 6) is 1.03. The molecular formula is C12H16O3. The van der Waals surface area contributed by atoms with Crippen molar-refractivity contribution in [3.63, 3.8) is 0 Å². The minimum absolute atomic E-state index is 0.508. The maximum atomic E-state index is 10.8. The average Bonchev–Trinajstić information content (AvgIpc) is 2.29. The molecule has 0 spiro atoms. The number of rotatable bonds is 3. The third-order valence-electron chi connectivity index (χ3n) is 2.43. The molecule has 1 rings (SSSR count). The Bertz CT molecular complexity index is 316. The maximum absolute atomic E-state index is 10.8. The summed E-state index contributed by atoms with van der Waals surface area (Å²) in [7, 11) is 1.29. The Hall–Kier alpha value is -1.51. The smallest absolute Gasteiger partial charge is 0.437 e. The monoisotopic (exact) mass is 208 g/mol. The molecule has 0 aliphatic carbocycles. The minimum atomic E-state index is -0.689. The van der Waals surface area contributed by atoms with E-state index in [2.05, 4.69) is 18.6 Å². The van der Waals surface area contributed by atoms with E-state index in [1.54, 1.807) is 12.1 Å². The lowest BCUT2D eigenvalue weighted by Crippen LogP contribution is -2.07. The number of ether oxygens (including phenoxy) is 2. The van der Waals surface area contributed by atoms with E-state index in [1.807, 2.05) is 12.1 Å². The van der Waals surface area contributed by atoms with Gasteiger partial charge in [-0.1, -0.05) is 26.0 Å². The third-order valence-corrected chi connectivity index (χ3v) is 2.43. The van der Waals surface area contributed by atoms with E-state index >= 15 is 0 Å². The molecule has 0 heterocycles. The molecular weight excluding hydrogens is 192 g/mol. The van der Waals surface area contributed by atoms with E-state index in [1.165, 1.54) is 12.7 Å². The van der Waals surface area contributed by atoms with Crippen molar-refractivity contribution in [1.82, 2.24) is 0 Å². The predicted molar refractivity (Wildman–Crippen MR) is 58.2 cm³/mol. The Morgan fingerprint density at radius 3 is 2.40 bits per heavy atom. The van der Waals surface area contributed by atoms with Gasteiger partial charge in [0.2, 0.25) is 0 Å². The van der Waals surface area contributed by atoms with Crippen LogP contribution in [0, 0.1) is 0 Å². The molecule has 1 atom stereocenters. The van der Waals surface area contributed by atoms with Crippen LogP contribution in [-0.4, -0.2) is 13.3 Å². The van der Waals surface area contributed by atoms with Crippen LogP contribution in [0.3, 0.4) is 0 Å². The topological polar surface area (TPSA) is 35.5 Å². The molecule has 0 saturated carbocycles. The summed E-state index contributed by atoms with van der Waals surface area (Å²) in [5.41, 5.74) is 1.25. The Morgan fingerprint density at radius 2 is 1.93 bits per heavy atom. The Morgan fingerprint density at radius 1 is 1.33 bits per heavy atom. The van der Waals surface area contributed by atoms with Crippen molar-refractivity contribution in [3.05, 3.63) is 29.8 Å². The van der Waals surface area contributed by atoms with Gasteiger partial charge >= 0.3 is 6.16 Å². The normalized spacial score (nSPS) is 11.9. The van der Waals surface area contributed by atoms with Gasteiger partial charge in [-0.3, -0.25) is 0 Å². The third kappa shape index (κ3) is 3.27. The summed E-state index contributed by atoms with van der Waals surface area (Å²) in [6.45, 7) is 4.31. The molecule has 0 amide bonds. The van der Waals surface area contributed by atoms with Crippen LogP contribution in [0.5, 0.6) is 5.75 Å². The molecule has 0 N–H and O–H groups in total. The van der Waals surface area contributed by atoms with Gasteiger partial charge < -0.3 is 9.47 Å². The van der Waals surface area contributed by atoms with Crippen LogP contribution in [0.1, 0.15) is 31.7 Å². The van der Waals surface area contributed by atoms with Crippen molar-refractivity contribution in [1.29, 1.82) is 0 Å². The molecule has 1 aromatic carbocycles. The summed E-state index contributed by atoms with van der Waals surface area (Å²) in [4.78, 5) is 10.8. The Kier molecular flexibility index (Phi) is 4.16. The molecule has 0 aliphatic rings. The first-order valence-electron chi connectivity index (χ1n) is 5.03. The summed E-state index contributed by atoms with van der Waals surface area (Å²) in [6.07, 6.45) is 0.406. The van der Waals surface area contributed by atoms with Gasteiger partial charge in [0.15, 0.2) is 0 Å². The molecule has 0 saturated heterocycles. The van der Waals surface area contributed by atoms with Crippen LogP contribution in [-0.2, 0) is 4.74 Å². The molecule has 0 aliphatic heterocycles. The second kappa shape index (κ2) is 5.39. The molecule has 0 aromatic heterocycles. The molecule has 3 nitrogen and oxygen atoms in total. The van der Waals surface area contributed by atoms with E-state index < -0.39 is 6.16 Å². The minimum Gasteiger partial charge on any atom is -0.437 e. The van der Waals surface area contributed by atoms with E-state index in [9.17, 15) is 4.79 Å². The summed E-state index contributed by atoms with van der Waals surface area (Å²) >= 11 is 0. The second-order valence-electron chi connectivity index (χ2n) is 3.43. The summed E-state index contributed by atoms with van der Waals surface area (Å²) in [5, 5.41) is 0. The highest BCUT2D eigenvalue weighted by atomic mass is 16.7. The van der Waals surface area contributed by atoms with E-state index in [-0.39, 0.29) is 0 Å². The number of carbonyl (C=O) groups is 1. The van der Waals surface area contributed by atoms with Gasteiger partial charge in [-0.25, -0.2) is 4.79 Å². The van der Waals surface area contributed by atoms with Gasteiger partial charge in [-0.2, -0.15) is 0 Å². The van der Waals surface area contributed by atoms with E-state index in [0.717, 1.165) is 6.42 Å². The summed E-state index contributed by atoms with van der Waals surface area (Å²) in [6, 6.07) is 7.48.